The molecular formula is C9H15NO5S. The van der Waals surface area contributed by atoms with Crippen molar-refractivity contribution in [2.75, 3.05) is 12.3 Å². The molecule has 1 unspecified atom stereocenters. The summed E-state index contributed by atoms with van der Waals surface area (Å²) in [4.78, 5) is 33.8. The van der Waals surface area contributed by atoms with Gasteiger partial charge in [-0.15, -0.1) is 0 Å². The van der Waals surface area contributed by atoms with Crippen LogP contribution in [-0.4, -0.2) is 51.3 Å². The molecule has 7 heteroatoms. The number of carbonyl (C=O) groups excluding carboxylic acids is 1. The second-order valence-corrected chi connectivity index (χ2v) is 3.82. The normalized spacial score (nSPS) is 13.9. The van der Waals surface area contributed by atoms with Crippen molar-refractivity contribution in [1.29, 1.82) is 0 Å². The average molecular weight is 249 g/mol. The molecule has 0 saturated heterocycles. The van der Waals surface area contributed by atoms with Gasteiger partial charge in [0, 0.05) is 11.7 Å². The molecule has 92 valence electrons. The van der Waals surface area contributed by atoms with Crippen molar-refractivity contribution in [2.45, 2.75) is 19.9 Å². The Morgan fingerprint density at radius 2 is 1.75 bits per heavy atom. The van der Waals surface area contributed by atoms with Crippen LogP contribution in [0, 0.1) is 5.92 Å². The first-order chi connectivity index (χ1) is 7.31. The van der Waals surface area contributed by atoms with Gasteiger partial charge < -0.3 is 15.1 Å². The number of nitrogens with zero attached hydrogens (tertiary/aromatic N) is 1. The number of carboxylic acids is 2. The number of hydrogen-bond donors (Lipinski definition) is 3. The minimum Gasteiger partial charge on any atom is -0.480 e. The van der Waals surface area contributed by atoms with E-state index in [-0.39, 0.29) is 5.75 Å². The number of aliphatic carboxylic acids is 2. The summed E-state index contributed by atoms with van der Waals surface area (Å²) < 4.78 is 0. The Morgan fingerprint density at radius 1 is 1.25 bits per heavy atom. The zero-order chi connectivity index (χ0) is 12.9. The van der Waals surface area contributed by atoms with Gasteiger partial charge in [-0.05, 0) is 6.92 Å². The molecule has 16 heavy (non-hydrogen) atoms. The van der Waals surface area contributed by atoms with E-state index in [0.29, 0.717) is 0 Å². The first-order valence-electron chi connectivity index (χ1n) is 4.67. The largest absolute Gasteiger partial charge is 0.480 e. The molecule has 0 fully saturated rings. The topological polar surface area (TPSA) is 94.9 Å². The summed E-state index contributed by atoms with van der Waals surface area (Å²) in [5, 5.41) is 17.4. The number of carbonyl (C=O) groups is 3. The van der Waals surface area contributed by atoms with Crippen molar-refractivity contribution >= 4 is 30.5 Å². The third-order valence-corrected chi connectivity index (χ3v) is 2.66. The summed E-state index contributed by atoms with van der Waals surface area (Å²) >= 11 is 3.92. The second kappa shape index (κ2) is 6.37. The van der Waals surface area contributed by atoms with E-state index < -0.39 is 36.4 Å². The minimum atomic E-state index is -1.24. The quantitative estimate of drug-likeness (QED) is 0.573. The highest BCUT2D eigenvalue weighted by Gasteiger charge is 2.29. The van der Waals surface area contributed by atoms with E-state index in [2.05, 4.69) is 12.6 Å². The van der Waals surface area contributed by atoms with Crippen LogP contribution in [0.5, 0.6) is 0 Å². The Kier molecular flexibility index (Phi) is 5.87. The molecule has 0 aromatic carbocycles. The summed E-state index contributed by atoms with van der Waals surface area (Å²) in [7, 11) is 0. The molecule has 6 nitrogen and oxygen atoms in total. The second-order valence-electron chi connectivity index (χ2n) is 3.46. The van der Waals surface area contributed by atoms with Gasteiger partial charge in [-0.2, -0.15) is 12.6 Å². The molecule has 0 aliphatic rings. The fourth-order valence-electron chi connectivity index (χ4n) is 1.05. The lowest BCUT2D eigenvalue weighted by molar-refractivity contribution is -0.154. The molecule has 0 radical (unpaired) electrons. The Hall–Kier alpha value is -1.24. The van der Waals surface area contributed by atoms with Crippen LogP contribution in [0.1, 0.15) is 13.8 Å². The molecule has 0 heterocycles. The van der Waals surface area contributed by atoms with Gasteiger partial charge in [0.15, 0.2) is 0 Å². The summed E-state index contributed by atoms with van der Waals surface area (Å²) in [6.45, 7) is 2.22. The number of carboxylic acid groups (broad SMARTS) is 2. The summed E-state index contributed by atoms with van der Waals surface area (Å²) in [6.07, 6.45) is 0. The Bertz CT molecular complexity index is 294. The van der Waals surface area contributed by atoms with Crippen molar-refractivity contribution in [1.82, 2.24) is 4.90 Å². The highest BCUT2D eigenvalue weighted by Crippen LogP contribution is 2.08. The fourth-order valence-corrected chi connectivity index (χ4v) is 1.20. The van der Waals surface area contributed by atoms with E-state index in [1.165, 1.54) is 6.92 Å². The van der Waals surface area contributed by atoms with Gasteiger partial charge in [-0.25, -0.2) is 4.79 Å². The van der Waals surface area contributed by atoms with Crippen molar-refractivity contribution in [3.05, 3.63) is 0 Å². The van der Waals surface area contributed by atoms with Crippen molar-refractivity contribution in [2.24, 2.45) is 5.92 Å². The monoisotopic (exact) mass is 249 g/mol. The van der Waals surface area contributed by atoms with Crippen LogP contribution >= 0.6 is 12.6 Å². The number of rotatable bonds is 6. The molecule has 0 bridgehead atoms. The van der Waals surface area contributed by atoms with Gasteiger partial charge in [-0.1, -0.05) is 6.92 Å². The lowest BCUT2D eigenvalue weighted by Crippen LogP contribution is -2.48. The zero-order valence-electron chi connectivity index (χ0n) is 9.08. The van der Waals surface area contributed by atoms with E-state index in [1.54, 1.807) is 6.92 Å². The average Bonchev–Trinajstić information content (AvgIpc) is 2.22. The molecule has 2 N–H and O–H groups in total. The van der Waals surface area contributed by atoms with Gasteiger partial charge in [0.05, 0.1) is 0 Å². The third-order valence-electron chi connectivity index (χ3n) is 2.11. The van der Waals surface area contributed by atoms with E-state index in [9.17, 15) is 14.4 Å². The Labute approximate surface area is 98.6 Å². The van der Waals surface area contributed by atoms with E-state index in [1.807, 2.05) is 0 Å². The fraction of sp³-hybridized carbons (Fsp3) is 0.667. The maximum atomic E-state index is 11.7. The predicted octanol–water partition coefficient (Wildman–Crippen LogP) is -0.0614. The molecule has 1 amide bonds. The van der Waals surface area contributed by atoms with Crippen LogP contribution < -0.4 is 0 Å². The van der Waals surface area contributed by atoms with Gasteiger partial charge in [0.1, 0.15) is 12.6 Å². The van der Waals surface area contributed by atoms with Crippen LogP contribution in [0.15, 0.2) is 0 Å². The van der Waals surface area contributed by atoms with E-state index >= 15 is 0 Å². The highest BCUT2D eigenvalue weighted by atomic mass is 32.1. The molecule has 0 aromatic heterocycles. The van der Waals surface area contributed by atoms with Crippen molar-refractivity contribution in [3.8, 4) is 0 Å². The molecule has 2 atom stereocenters. The van der Waals surface area contributed by atoms with Gasteiger partial charge >= 0.3 is 11.9 Å². The van der Waals surface area contributed by atoms with Crippen molar-refractivity contribution in [3.63, 3.8) is 0 Å². The standard InChI is InChI=1S/C9H15NO5S/c1-5(4-16)8(13)10(3-7(11)12)6(2)9(14)15/h5-6,16H,3-4H2,1-2H3,(H,11,12)(H,14,15)/t5?,6-/m0/s1. The lowest BCUT2D eigenvalue weighted by Gasteiger charge is -2.27. The van der Waals surface area contributed by atoms with Gasteiger partial charge in [0.25, 0.3) is 0 Å². The van der Waals surface area contributed by atoms with Gasteiger partial charge in [0.2, 0.25) is 5.91 Å². The first-order valence-corrected chi connectivity index (χ1v) is 5.30. The first kappa shape index (κ1) is 14.8. The lowest BCUT2D eigenvalue weighted by atomic mass is 10.1. The Balaban J connectivity index is 4.86. The minimum absolute atomic E-state index is 0.237. The smallest absolute Gasteiger partial charge is 0.326 e. The maximum absolute atomic E-state index is 11.7. The summed E-state index contributed by atoms with van der Waals surface area (Å²) in [5.41, 5.74) is 0. The molecule has 0 aliphatic heterocycles. The predicted molar refractivity (Wildman–Crippen MR) is 59.5 cm³/mol. The number of hydrogen-bond acceptors (Lipinski definition) is 4. The van der Waals surface area contributed by atoms with Crippen LogP contribution in [0.3, 0.4) is 0 Å². The van der Waals surface area contributed by atoms with Crippen molar-refractivity contribution < 1.29 is 24.6 Å². The molecule has 0 aliphatic carbocycles. The molecule has 0 spiro atoms. The SMILES string of the molecule is CC(CS)C(=O)N(CC(=O)O)[C@@H](C)C(=O)O. The van der Waals surface area contributed by atoms with Crippen LogP contribution in [0.25, 0.3) is 0 Å². The molecular weight excluding hydrogens is 234 g/mol. The Morgan fingerprint density at radius 3 is 2.06 bits per heavy atom. The van der Waals surface area contributed by atoms with E-state index in [0.717, 1.165) is 4.90 Å². The molecule has 0 rings (SSSR count). The number of thiol groups is 1. The summed E-state index contributed by atoms with van der Waals surface area (Å²) in [5.74, 6) is -3.27. The zero-order valence-corrected chi connectivity index (χ0v) is 9.98. The maximum Gasteiger partial charge on any atom is 0.326 e. The summed E-state index contributed by atoms with van der Waals surface area (Å²) in [6, 6.07) is -1.16. The van der Waals surface area contributed by atoms with E-state index in [4.69, 9.17) is 10.2 Å². The molecule has 0 saturated carbocycles. The van der Waals surface area contributed by atoms with Crippen LogP contribution in [0.4, 0.5) is 0 Å². The third kappa shape index (κ3) is 4.09. The highest BCUT2D eigenvalue weighted by molar-refractivity contribution is 7.80. The molecule has 0 aromatic rings. The van der Waals surface area contributed by atoms with Crippen LogP contribution in [-0.2, 0) is 14.4 Å². The number of amides is 1. The van der Waals surface area contributed by atoms with Crippen LogP contribution in [0.2, 0.25) is 0 Å². The van der Waals surface area contributed by atoms with Gasteiger partial charge in [-0.3, -0.25) is 9.59 Å².